The number of hydrogen-bond donors (Lipinski definition) is 3. The minimum Gasteiger partial charge on any atom is -0.313 e. The van der Waals surface area contributed by atoms with Gasteiger partial charge >= 0.3 is 0 Å². The molecule has 1 heterocycles. The number of aromatic amines is 1. The van der Waals surface area contributed by atoms with E-state index in [0.29, 0.717) is 0 Å². The fourth-order valence-corrected chi connectivity index (χ4v) is 1.26. The average Bonchev–Trinajstić information content (AvgIpc) is 2.81. The van der Waals surface area contributed by atoms with Crippen molar-refractivity contribution in [1.29, 1.82) is 0 Å². The third-order valence-corrected chi connectivity index (χ3v) is 2.19. The van der Waals surface area contributed by atoms with E-state index in [9.17, 15) is 0 Å². The molecule has 4 heteroatoms. The van der Waals surface area contributed by atoms with Gasteiger partial charge < -0.3 is 10.6 Å². The number of rotatable bonds is 6. The van der Waals surface area contributed by atoms with E-state index < -0.39 is 0 Å². The molecule has 4 nitrogen and oxygen atoms in total. The van der Waals surface area contributed by atoms with Crippen molar-refractivity contribution in [1.82, 2.24) is 20.8 Å². The topological polar surface area (TPSA) is 52.7 Å². The van der Waals surface area contributed by atoms with Crippen LogP contribution < -0.4 is 10.6 Å². The minimum absolute atomic E-state index is 0.814. The summed E-state index contributed by atoms with van der Waals surface area (Å²) in [4.78, 5) is 0. The van der Waals surface area contributed by atoms with Crippen molar-refractivity contribution in [2.24, 2.45) is 0 Å². The van der Waals surface area contributed by atoms with Crippen molar-refractivity contribution in [3.8, 4) is 0 Å². The summed E-state index contributed by atoms with van der Waals surface area (Å²) in [5, 5.41) is 13.6. The molecular weight excluding hydrogens is 164 g/mol. The lowest BCUT2D eigenvalue weighted by Gasteiger charge is -2.03. The second kappa shape index (κ2) is 4.39. The van der Waals surface area contributed by atoms with Crippen LogP contribution in [0.15, 0.2) is 12.3 Å². The van der Waals surface area contributed by atoms with Gasteiger partial charge in [0.2, 0.25) is 0 Å². The van der Waals surface area contributed by atoms with E-state index in [1.54, 1.807) is 6.20 Å². The standard InChI is InChI=1S/C9H16N4/c1-2-8(1)11-6-5-10-7-9-3-4-12-13-9/h3-4,8,10-11H,1-2,5-7H2,(H,12,13). The molecule has 1 aliphatic carbocycles. The maximum Gasteiger partial charge on any atom is 0.0490 e. The highest BCUT2D eigenvalue weighted by Gasteiger charge is 2.19. The van der Waals surface area contributed by atoms with E-state index in [1.165, 1.54) is 12.8 Å². The van der Waals surface area contributed by atoms with Crippen molar-refractivity contribution in [2.75, 3.05) is 13.1 Å². The Balaban J connectivity index is 1.48. The third kappa shape index (κ3) is 3.16. The number of nitrogens with zero attached hydrogens (tertiary/aromatic N) is 1. The molecule has 0 radical (unpaired) electrons. The van der Waals surface area contributed by atoms with Crippen LogP contribution in [0.3, 0.4) is 0 Å². The largest absolute Gasteiger partial charge is 0.313 e. The highest BCUT2D eigenvalue weighted by atomic mass is 15.1. The van der Waals surface area contributed by atoms with Gasteiger partial charge in [-0.2, -0.15) is 5.10 Å². The van der Waals surface area contributed by atoms with Crippen LogP contribution >= 0.6 is 0 Å². The summed E-state index contributed by atoms with van der Waals surface area (Å²) >= 11 is 0. The molecule has 0 saturated heterocycles. The quantitative estimate of drug-likeness (QED) is 0.550. The first-order chi connectivity index (χ1) is 6.45. The normalized spacial score (nSPS) is 16.3. The van der Waals surface area contributed by atoms with E-state index in [-0.39, 0.29) is 0 Å². The summed E-state index contributed by atoms with van der Waals surface area (Å²) in [6.45, 7) is 2.97. The monoisotopic (exact) mass is 180 g/mol. The van der Waals surface area contributed by atoms with E-state index in [0.717, 1.165) is 31.4 Å². The molecule has 0 aromatic carbocycles. The highest BCUT2D eigenvalue weighted by Crippen LogP contribution is 2.17. The van der Waals surface area contributed by atoms with Crippen molar-refractivity contribution < 1.29 is 0 Å². The van der Waals surface area contributed by atoms with Crippen molar-refractivity contribution in [3.05, 3.63) is 18.0 Å². The summed E-state index contributed by atoms with van der Waals surface area (Å²) < 4.78 is 0. The third-order valence-electron chi connectivity index (χ3n) is 2.19. The molecule has 1 saturated carbocycles. The zero-order valence-electron chi connectivity index (χ0n) is 7.71. The molecule has 72 valence electrons. The maximum atomic E-state index is 3.88. The highest BCUT2D eigenvalue weighted by molar-refractivity contribution is 4.96. The number of nitrogens with one attached hydrogen (secondary N) is 3. The van der Waals surface area contributed by atoms with Crippen LogP contribution in [0.25, 0.3) is 0 Å². The Kier molecular flexibility index (Phi) is 2.94. The Morgan fingerprint density at radius 3 is 3.08 bits per heavy atom. The summed E-state index contributed by atoms with van der Waals surface area (Å²) in [6, 6.07) is 2.80. The molecule has 2 rings (SSSR count). The Bertz CT molecular complexity index is 228. The molecule has 0 aliphatic heterocycles. The predicted molar refractivity (Wildman–Crippen MR) is 51.3 cm³/mol. The lowest BCUT2D eigenvalue weighted by molar-refractivity contribution is 0.603. The molecule has 1 aliphatic rings. The van der Waals surface area contributed by atoms with Gasteiger partial charge in [-0.15, -0.1) is 0 Å². The van der Waals surface area contributed by atoms with Crippen molar-refractivity contribution in [2.45, 2.75) is 25.4 Å². The Morgan fingerprint density at radius 2 is 2.38 bits per heavy atom. The summed E-state index contributed by atoms with van der Waals surface area (Å²) in [5.74, 6) is 0. The lowest BCUT2D eigenvalue weighted by atomic mass is 10.4. The minimum atomic E-state index is 0.814. The lowest BCUT2D eigenvalue weighted by Crippen LogP contribution is -2.28. The van der Waals surface area contributed by atoms with Gasteiger partial charge in [0, 0.05) is 37.6 Å². The zero-order valence-corrected chi connectivity index (χ0v) is 7.71. The van der Waals surface area contributed by atoms with Gasteiger partial charge in [0.05, 0.1) is 0 Å². The molecule has 1 aromatic rings. The van der Waals surface area contributed by atoms with Gasteiger partial charge in [0.1, 0.15) is 0 Å². The molecule has 0 bridgehead atoms. The zero-order chi connectivity index (χ0) is 8.93. The van der Waals surface area contributed by atoms with Gasteiger partial charge in [-0.25, -0.2) is 0 Å². The first-order valence-electron chi connectivity index (χ1n) is 4.87. The van der Waals surface area contributed by atoms with Crippen LogP contribution in [-0.4, -0.2) is 29.3 Å². The van der Waals surface area contributed by atoms with Crippen molar-refractivity contribution in [3.63, 3.8) is 0 Å². The molecule has 0 atom stereocenters. The molecule has 1 fully saturated rings. The second-order valence-electron chi connectivity index (χ2n) is 3.49. The van der Waals surface area contributed by atoms with Crippen LogP contribution in [0.1, 0.15) is 18.5 Å². The second-order valence-corrected chi connectivity index (χ2v) is 3.49. The summed E-state index contributed by atoms with van der Waals surface area (Å²) in [7, 11) is 0. The smallest absolute Gasteiger partial charge is 0.0490 e. The Morgan fingerprint density at radius 1 is 1.46 bits per heavy atom. The van der Waals surface area contributed by atoms with Crippen LogP contribution in [0.5, 0.6) is 0 Å². The van der Waals surface area contributed by atoms with Crippen LogP contribution in [0.4, 0.5) is 0 Å². The number of hydrogen-bond acceptors (Lipinski definition) is 3. The molecular formula is C9H16N4. The SMILES string of the molecule is c1cc(CNCCNC2CC2)[nH]n1. The average molecular weight is 180 g/mol. The molecule has 0 amide bonds. The molecule has 0 unspecified atom stereocenters. The van der Waals surface area contributed by atoms with Gasteiger partial charge in [-0.05, 0) is 18.9 Å². The van der Waals surface area contributed by atoms with E-state index in [4.69, 9.17) is 0 Å². The maximum absolute atomic E-state index is 3.88. The Hall–Kier alpha value is -0.870. The van der Waals surface area contributed by atoms with E-state index in [2.05, 4.69) is 20.8 Å². The predicted octanol–water partition coefficient (Wildman–Crippen LogP) is 0.251. The van der Waals surface area contributed by atoms with Crippen LogP contribution in [-0.2, 0) is 6.54 Å². The van der Waals surface area contributed by atoms with Gasteiger partial charge in [0.25, 0.3) is 0 Å². The van der Waals surface area contributed by atoms with Gasteiger partial charge in [-0.1, -0.05) is 0 Å². The number of aromatic nitrogens is 2. The fraction of sp³-hybridized carbons (Fsp3) is 0.667. The summed E-state index contributed by atoms with van der Waals surface area (Å²) in [5.41, 5.74) is 1.14. The van der Waals surface area contributed by atoms with Gasteiger partial charge in [0.15, 0.2) is 0 Å². The molecule has 1 aromatic heterocycles. The van der Waals surface area contributed by atoms with Crippen molar-refractivity contribution >= 4 is 0 Å². The first-order valence-corrected chi connectivity index (χ1v) is 4.87. The van der Waals surface area contributed by atoms with Gasteiger partial charge in [-0.3, -0.25) is 5.10 Å². The van der Waals surface area contributed by atoms with E-state index in [1.807, 2.05) is 6.07 Å². The molecule has 13 heavy (non-hydrogen) atoms. The Labute approximate surface area is 78.1 Å². The number of H-pyrrole nitrogens is 1. The van der Waals surface area contributed by atoms with Crippen LogP contribution in [0, 0.1) is 0 Å². The van der Waals surface area contributed by atoms with Crippen LogP contribution in [0.2, 0.25) is 0 Å². The fourth-order valence-electron chi connectivity index (χ4n) is 1.26. The molecule has 3 N–H and O–H groups in total. The first kappa shape index (κ1) is 8.72. The summed E-state index contributed by atoms with van der Waals surface area (Å²) in [6.07, 6.45) is 4.50. The van der Waals surface area contributed by atoms with E-state index >= 15 is 0 Å². The molecule has 0 spiro atoms.